The molecule has 0 fully saturated rings. The summed E-state index contributed by atoms with van der Waals surface area (Å²) in [5, 5.41) is 33.0. The van der Waals surface area contributed by atoms with E-state index in [-0.39, 0.29) is 31.1 Å². The van der Waals surface area contributed by atoms with E-state index in [0.717, 1.165) is 0 Å². The average Bonchev–Trinajstić information content (AvgIpc) is 2.60. The van der Waals surface area contributed by atoms with Crippen LogP contribution >= 0.6 is 0 Å². The van der Waals surface area contributed by atoms with E-state index in [1.807, 2.05) is 13.8 Å². The van der Waals surface area contributed by atoms with Crippen molar-refractivity contribution in [3.63, 3.8) is 0 Å². The molecule has 0 saturated heterocycles. The number of phenolic OH excluding ortho intramolecular Hbond substituents is 1. The Morgan fingerprint density at radius 2 is 1.59 bits per heavy atom. The fourth-order valence-electron chi connectivity index (χ4n) is 2.42. The number of aromatic hydroxyl groups is 1. The largest absolute Gasteiger partial charge is 0.508 e. The van der Waals surface area contributed by atoms with Crippen LogP contribution in [0.1, 0.15) is 25.8 Å². The molecule has 0 bridgehead atoms. The summed E-state index contributed by atoms with van der Waals surface area (Å²) in [4.78, 5) is 35.9. The predicted molar refractivity (Wildman–Crippen MR) is 97.8 cm³/mol. The van der Waals surface area contributed by atoms with Crippen molar-refractivity contribution in [1.29, 1.82) is 0 Å². The predicted octanol–water partition coefficient (Wildman–Crippen LogP) is -0.645. The highest BCUT2D eigenvalue weighted by molar-refractivity contribution is 5.91. The van der Waals surface area contributed by atoms with Gasteiger partial charge in [0.15, 0.2) is 0 Å². The second-order valence-corrected chi connectivity index (χ2v) is 6.71. The Morgan fingerprint density at radius 1 is 1.04 bits per heavy atom. The quantitative estimate of drug-likeness (QED) is 0.314. The first-order valence-electron chi connectivity index (χ1n) is 8.63. The van der Waals surface area contributed by atoms with Gasteiger partial charge in [0.25, 0.3) is 5.91 Å². The van der Waals surface area contributed by atoms with Gasteiger partial charge < -0.3 is 31.7 Å². The molecule has 150 valence electrons. The molecule has 7 N–H and O–H groups in total. The molecular formula is C18H27N3O6. The number of hydrogen-bond donors (Lipinski definition) is 6. The Morgan fingerprint density at radius 3 is 2.07 bits per heavy atom. The number of aliphatic hydroxyl groups is 1. The molecule has 0 spiro atoms. The van der Waals surface area contributed by atoms with Crippen molar-refractivity contribution in [1.82, 2.24) is 10.6 Å². The fourth-order valence-corrected chi connectivity index (χ4v) is 2.42. The third-order valence-corrected chi connectivity index (χ3v) is 3.86. The molecule has 0 heterocycles. The van der Waals surface area contributed by atoms with Crippen LogP contribution in [0, 0.1) is 5.92 Å². The van der Waals surface area contributed by atoms with Crippen molar-refractivity contribution in [3.8, 4) is 5.75 Å². The lowest BCUT2D eigenvalue weighted by molar-refractivity contribution is -0.142. The van der Waals surface area contributed by atoms with Crippen LogP contribution in [-0.4, -0.2) is 57.8 Å². The first-order valence-corrected chi connectivity index (χ1v) is 8.63. The van der Waals surface area contributed by atoms with Crippen molar-refractivity contribution >= 4 is 17.8 Å². The molecular weight excluding hydrogens is 354 g/mol. The number of aliphatic hydroxyl groups excluding tert-OH is 1. The van der Waals surface area contributed by atoms with Crippen molar-refractivity contribution in [2.24, 2.45) is 11.7 Å². The second-order valence-electron chi connectivity index (χ2n) is 6.71. The molecule has 27 heavy (non-hydrogen) atoms. The summed E-state index contributed by atoms with van der Waals surface area (Å²) in [6.07, 6.45) is -1.21. The van der Waals surface area contributed by atoms with Gasteiger partial charge in [-0.2, -0.15) is 0 Å². The van der Waals surface area contributed by atoms with Crippen molar-refractivity contribution < 1.29 is 29.7 Å². The molecule has 0 saturated carbocycles. The number of nitrogens with two attached hydrogens (primary N) is 1. The number of nitrogens with one attached hydrogen (secondary N) is 2. The number of phenols is 1. The average molecular weight is 381 g/mol. The van der Waals surface area contributed by atoms with Gasteiger partial charge in [-0.1, -0.05) is 26.0 Å². The highest BCUT2D eigenvalue weighted by Crippen LogP contribution is 2.12. The first kappa shape index (κ1) is 22.4. The van der Waals surface area contributed by atoms with Gasteiger partial charge in [-0.25, -0.2) is 4.79 Å². The number of carboxylic acids is 1. The maximum atomic E-state index is 12.6. The molecule has 0 aliphatic heterocycles. The van der Waals surface area contributed by atoms with E-state index in [1.54, 1.807) is 12.1 Å². The third-order valence-electron chi connectivity index (χ3n) is 3.86. The lowest BCUT2D eigenvalue weighted by Gasteiger charge is -2.23. The zero-order valence-electron chi connectivity index (χ0n) is 15.4. The number of aliphatic carboxylic acids is 1. The molecule has 9 nitrogen and oxygen atoms in total. The van der Waals surface area contributed by atoms with Gasteiger partial charge in [-0.3, -0.25) is 9.59 Å². The molecule has 9 heteroatoms. The van der Waals surface area contributed by atoms with Gasteiger partial charge in [-0.05, 0) is 30.0 Å². The number of amides is 2. The minimum absolute atomic E-state index is 0.0376. The maximum absolute atomic E-state index is 12.6. The molecule has 3 unspecified atom stereocenters. The topological polar surface area (TPSA) is 162 Å². The number of hydrogen-bond acceptors (Lipinski definition) is 6. The molecule has 1 aromatic rings. The monoisotopic (exact) mass is 381 g/mol. The van der Waals surface area contributed by atoms with Crippen LogP contribution in [0.3, 0.4) is 0 Å². The van der Waals surface area contributed by atoms with Gasteiger partial charge in [0.05, 0.1) is 0 Å². The number of benzene rings is 1. The maximum Gasteiger partial charge on any atom is 0.326 e. The Bertz CT molecular complexity index is 647. The van der Waals surface area contributed by atoms with Gasteiger partial charge >= 0.3 is 5.97 Å². The highest BCUT2D eigenvalue weighted by atomic mass is 16.4. The number of carbonyl (C=O) groups excluding carboxylic acids is 2. The van der Waals surface area contributed by atoms with Gasteiger partial charge in [0, 0.05) is 13.0 Å². The third kappa shape index (κ3) is 7.63. The molecule has 2 amide bonds. The summed E-state index contributed by atoms with van der Waals surface area (Å²) in [6, 6.07) is 3.79. The molecule has 0 aliphatic carbocycles. The minimum atomic E-state index is -1.48. The second kappa shape index (κ2) is 10.5. The van der Waals surface area contributed by atoms with Gasteiger partial charge in [0.2, 0.25) is 5.91 Å². The first-order chi connectivity index (χ1) is 12.6. The molecule has 1 aromatic carbocycles. The Balaban J connectivity index is 2.96. The Hall–Kier alpha value is -2.65. The molecule has 0 aromatic heterocycles. The van der Waals surface area contributed by atoms with Gasteiger partial charge in [0.1, 0.15) is 23.9 Å². The number of rotatable bonds is 10. The molecule has 1 rings (SSSR count). The van der Waals surface area contributed by atoms with Crippen LogP contribution in [0.5, 0.6) is 5.75 Å². The van der Waals surface area contributed by atoms with E-state index in [2.05, 4.69) is 10.6 Å². The summed E-state index contributed by atoms with van der Waals surface area (Å²) in [6.45, 7) is 3.34. The van der Waals surface area contributed by atoms with Crippen LogP contribution in [0.4, 0.5) is 0 Å². The van der Waals surface area contributed by atoms with Gasteiger partial charge in [-0.15, -0.1) is 0 Å². The van der Waals surface area contributed by atoms with E-state index in [9.17, 15) is 29.7 Å². The Labute approximate surface area is 157 Å². The van der Waals surface area contributed by atoms with E-state index >= 15 is 0 Å². The number of carbonyl (C=O) groups is 3. The molecule has 3 atom stereocenters. The van der Waals surface area contributed by atoms with E-state index in [4.69, 9.17) is 5.73 Å². The lowest BCUT2D eigenvalue weighted by atomic mass is 10.0. The normalized spacial score (nSPS) is 14.3. The van der Waals surface area contributed by atoms with E-state index in [1.165, 1.54) is 12.1 Å². The van der Waals surface area contributed by atoms with Crippen LogP contribution < -0.4 is 16.4 Å². The molecule has 0 radical (unpaired) electrons. The summed E-state index contributed by atoms with van der Waals surface area (Å²) in [7, 11) is 0. The standard InChI is InChI=1S/C18H27N3O6/c1-10(2)7-14(18(26)27)21-16(24)13(20-17(25)15(23)9-19)8-11-3-5-12(22)6-4-11/h3-6,10,13-15,22-23H,7-9,19H2,1-2H3,(H,20,25)(H,21,24)(H,26,27). The lowest BCUT2D eigenvalue weighted by Crippen LogP contribution is -2.55. The van der Waals surface area contributed by atoms with Crippen LogP contribution in [0.25, 0.3) is 0 Å². The van der Waals surface area contributed by atoms with E-state index < -0.39 is 36.0 Å². The SMILES string of the molecule is CC(C)CC(NC(=O)C(Cc1ccc(O)cc1)NC(=O)C(O)CN)C(=O)O. The smallest absolute Gasteiger partial charge is 0.326 e. The zero-order valence-corrected chi connectivity index (χ0v) is 15.4. The highest BCUT2D eigenvalue weighted by Gasteiger charge is 2.28. The summed E-state index contributed by atoms with van der Waals surface area (Å²) < 4.78 is 0. The molecule has 0 aliphatic rings. The summed E-state index contributed by atoms with van der Waals surface area (Å²) in [5.74, 6) is -2.60. The van der Waals surface area contributed by atoms with E-state index in [0.29, 0.717) is 5.56 Å². The summed E-state index contributed by atoms with van der Waals surface area (Å²) >= 11 is 0. The number of carboxylic acid groups (broad SMARTS) is 1. The Kier molecular flexibility index (Phi) is 8.70. The zero-order chi connectivity index (χ0) is 20.6. The van der Waals surface area contributed by atoms with Crippen molar-refractivity contribution in [2.45, 2.75) is 44.9 Å². The fraction of sp³-hybridized carbons (Fsp3) is 0.500. The summed E-state index contributed by atoms with van der Waals surface area (Å²) in [5.41, 5.74) is 5.88. The van der Waals surface area contributed by atoms with Crippen molar-refractivity contribution in [2.75, 3.05) is 6.54 Å². The minimum Gasteiger partial charge on any atom is -0.508 e. The van der Waals surface area contributed by atoms with Crippen LogP contribution in [0.15, 0.2) is 24.3 Å². The van der Waals surface area contributed by atoms with Crippen LogP contribution in [0.2, 0.25) is 0 Å². The van der Waals surface area contributed by atoms with Crippen molar-refractivity contribution in [3.05, 3.63) is 29.8 Å². The van der Waals surface area contributed by atoms with Crippen LogP contribution in [-0.2, 0) is 20.8 Å².